The summed E-state index contributed by atoms with van der Waals surface area (Å²) in [6.45, 7) is 0. The molecule has 38 heavy (non-hydrogen) atoms. The number of aromatic nitrogens is 1. The lowest BCUT2D eigenvalue weighted by molar-refractivity contribution is 0.658. The average Bonchev–Trinajstić information content (AvgIpc) is 3.53. The fourth-order valence-corrected chi connectivity index (χ4v) is 6.20. The Labute approximate surface area is 220 Å². The van der Waals surface area contributed by atoms with Crippen LogP contribution in [0.15, 0.2) is 138 Å². The van der Waals surface area contributed by atoms with E-state index in [1.54, 1.807) is 0 Å². The zero-order chi connectivity index (χ0) is 25.1. The number of hydrogen-bond acceptors (Lipinski definition) is 1. The van der Waals surface area contributed by atoms with E-state index in [0.29, 0.717) is 0 Å². The van der Waals surface area contributed by atoms with Gasteiger partial charge < -0.3 is 8.98 Å². The molecule has 0 bridgehead atoms. The van der Waals surface area contributed by atoms with Gasteiger partial charge in [-0.3, -0.25) is 0 Å². The topological polar surface area (TPSA) is 18.1 Å². The molecule has 0 fully saturated rings. The third-order valence-electron chi connectivity index (χ3n) is 7.97. The Morgan fingerprint density at radius 3 is 2.32 bits per heavy atom. The van der Waals surface area contributed by atoms with Crippen LogP contribution in [0.5, 0.6) is 0 Å². The van der Waals surface area contributed by atoms with Crippen molar-refractivity contribution in [1.29, 1.82) is 0 Å². The highest BCUT2D eigenvalue weighted by molar-refractivity contribution is 6.10. The maximum absolute atomic E-state index is 6.37. The molecule has 1 aliphatic carbocycles. The van der Waals surface area contributed by atoms with Gasteiger partial charge in [-0.2, -0.15) is 0 Å². The highest BCUT2D eigenvalue weighted by Gasteiger charge is 2.21. The SMILES string of the molecule is C1=CC(c2cccc3c2oc2ccccc23)CC(c2ccc3c(c2)c2ccccc2n3-c2ccccc2)=C1. The first kappa shape index (κ1) is 21.3. The minimum atomic E-state index is 0.264. The Bertz CT molecular complexity index is 2050. The second kappa shape index (κ2) is 8.36. The van der Waals surface area contributed by atoms with Gasteiger partial charge in [0.15, 0.2) is 0 Å². The molecule has 0 saturated heterocycles. The van der Waals surface area contributed by atoms with Crippen LogP contribution in [-0.2, 0) is 0 Å². The summed E-state index contributed by atoms with van der Waals surface area (Å²) in [5.41, 5.74) is 9.49. The third kappa shape index (κ3) is 3.20. The van der Waals surface area contributed by atoms with Gasteiger partial charge in [-0.05, 0) is 54.0 Å². The quantitative estimate of drug-likeness (QED) is 0.242. The number of fused-ring (bicyclic) bond motifs is 6. The maximum Gasteiger partial charge on any atom is 0.139 e. The minimum absolute atomic E-state index is 0.264. The molecule has 8 rings (SSSR count). The molecule has 2 nitrogen and oxygen atoms in total. The van der Waals surface area contributed by atoms with Crippen molar-refractivity contribution < 1.29 is 4.42 Å². The molecule has 2 heterocycles. The maximum atomic E-state index is 6.37. The summed E-state index contributed by atoms with van der Waals surface area (Å²) in [5, 5.41) is 4.94. The standard InChI is InChI=1S/C36H25NO/c1-2-12-27(13-3-1)37-33-18-6-4-14-29(33)32-23-25(20-21-34(32)37)24-10-8-11-26(22-24)28-16-9-17-31-30-15-5-7-19-35(30)38-36(28)31/h1-21,23,26H,22H2. The minimum Gasteiger partial charge on any atom is -0.456 e. The van der Waals surface area contributed by atoms with Crippen LogP contribution in [0.3, 0.4) is 0 Å². The van der Waals surface area contributed by atoms with Gasteiger partial charge >= 0.3 is 0 Å². The predicted molar refractivity (Wildman–Crippen MR) is 159 cm³/mol. The molecule has 0 N–H and O–H groups in total. The van der Waals surface area contributed by atoms with Crippen LogP contribution < -0.4 is 0 Å². The molecule has 2 heteroatoms. The van der Waals surface area contributed by atoms with Crippen molar-refractivity contribution in [1.82, 2.24) is 4.57 Å². The van der Waals surface area contributed by atoms with Crippen molar-refractivity contribution in [3.05, 3.63) is 145 Å². The summed E-state index contributed by atoms with van der Waals surface area (Å²) in [6.07, 6.45) is 7.73. The second-order valence-electron chi connectivity index (χ2n) is 10.1. The van der Waals surface area contributed by atoms with E-state index in [-0.39, 0.29) is 5.92 Å². The number of nitrogens with zero attached hydrogens (tertiary/aromatic N) is 1. The van der Waals surface area contributed by atoms with Gasteiger partial charge in [0.1, 0.15) is 11.2 Å². The largest absolute Gasteiger partial charge is 0.456 e. The second-order valence-corrected chi connectivity index (χ2v) is 10.1. The molecule has 0 spiro atoms. The number of benzene rings is 5. The van der Waals surface area contributed by atoms with Gasteiger partial charge in [-0.15, -0.1) is 0 Å². The predicted octanol–water partition coefficient (Wildman–Crippen LogP) is 9.81. The van der Waals surface area contributed by atoms with Gasteiger partial charge in [-0.25, -0.2) is 0 Å². The number of hydrogen-bond donors (Lipinski definition) is 0. The fraction of sp³-hybridized carbons (Fsp3) is 0.0556. The van der Waals surface area contributed by atoms with Crippen molar-refractivity contribution in [2.45, 2.75) is 12.3 Å². The smallest absolute Gasteiger partial charge is 0.139 e. The zero-order valence-electron chi connectivity index (χ0n) is 20.8. The van der Waals surface area contributed by atoms with Crippen LogP contribution in [0.2, 0.25) is 0 Å². The molecule has 0 radical (unpaired) electrons. The molecule has 0 saturated carbocycles. The first-order chi connectivity index (χ1) is 18.8. The summed E-state index contributed by atoms with van der Waals surface area (Å²) in [5.74, 6) is 0.264. The molecule has 1 unspecified atom stereocenters. The van der Waals surface area contributed by atoms with Crippen molar-refractivity contribution in [2.24, 2.45) is 0 Å². The van der Waals surface area contributed by atoms with Crippen molar-refractivity contribution in [3.8, 4) is 5.69 Å². The van der Waals surface area contributed by atoms with E-state index in [0.717, 1.165) is 17.6 Å². The van der Waals surface area contributed by atoms with Crippen LogP contribution in [0.1, 0.15) is 23.5 Å². The highest BCUT2D eigenvalue weighted by Crippen LogP contribution is 2.41. The van der Waals surface area contributed by atoms with E-state index >= 15 is 0 Å². The molecule has 0 aliphatic heterocycles. The Morgan fingerprint density at radius 2 is 1.39 bits per heavy atom. The number of furan rings is 1. The third-order valence-corrected chi connectivity index (χ3v) is 7.97. The fourth-order valence-electron chi connectivity index (χ4n) is 6.20. The van der Waals surface area contributed by atoms with Crippen molar-refractivity contribution >= 4 is 49.3 Å². The van der Waals surface area contributed by atoms with Crippen molar-refractivity contribution in [2.75, 3.05) is 0 Å². The Hall–Kier alpha value is -4.82. The monoisotopic (exact) mass is 487 g/mol. The summed E-state index contributed by atoms with van der Waals surface area (Å²) in [4.78, 5) is 0. The van der Waals surface area contributed by atoms with Crippen molar-refractivity contribution in [3.63, 3.8) is 0 Å². The summed E-state index contributed by atoms with van der Waals surface area (Å²) >= 11 is 0. The van der Waals surface area contributed by atoms with E-state index in [1.807, 2.05) is 6.07 Å². The molecule has 180 valence electrons. The van der Waals surface area contributed by atoms with Crippen LogP contribution in [-0.4, -0.2) is 4.57 Å². The lowest BCUT2D eigenvalue weighted by atomic mass is 9.84. The number of para-hydroxylation sites is 4. The van der Waals surface area contributed by atoms with E-state index in [1.165, 1.54) is 55.0 Å². The normalized spacial score (nSPS) is 15.6. The average molecular weight is 488 g/mol. The van der Waals surface area contributed by atoms with Crippen LogP contribution >= 0.6 is 0 Å². The summed E-state index contributed by atoms with van der Waals surface area (Å²) in [7, 11) is 0. The Balaban J connectivity index is 1.23. The first-order valence-corrected chi connectivity index (χ1v) is 13.2. The zero-order valence-corrected chi connectivity index (χ0v) is 20.8. The van der Waals surface area contributed by atoms with Crippen LogP contribution in [0, 0.1) is 0 Å². The van der Waals surface area contributed by atoms with Gasteiger partial charge in [0, 0.05) is 38.7 Å². The first-order valence-electron chi connectivity index (χ1n) is 13.2. The molecule has 1 atom stereocenters. The number of rotatable bonds is 3. The highest BCUT2D eigenvalue weighted by atomic mass is 16.3. The molecule has 1 aliphatic rings. The molecular formula is C36H25NO. The van der Waals surface area contributed by atoms with E-state index in [4.69, 9.17) is 4.42 Å². The van der Waals surface area contributed by atoms with Gasteiger partial charge in [0.25, 0.3) is 0 Å². The van der Waals surface area contributed by atoms with Gasteiger partial charge in [0.05, 0.1) is 11.0 Å². The van der Waals surface area contributed by atoms with Gasteiger partial charge in [0.2, 0.25) is 0 Å². The van der Waals surface area contributed by atoms with E-state index < -0.39 is 0 Å². The lowest BCUT2D eigenvalue weighted by Crippen LogP contribution is -2.01. The van der Waals surface area contributed by atoms with Crippen LogP contribution in [0.4, 0.5) is 0 Å². The molecule has 0 amide bonds. The molecule has 2 aromatic heterocycles. The Kier molecular flexibility index (Phi) is 4.68. The number of allylic oxidation sites excluding steroid dienone is 4. The molecular weight excluding hydrogens is 462 g/mol. The summed E-state index contributed by atoms with van der Waals surface area (Å²) < 4.78 is 8.74. The van der Waals surface area contributed by atoms with Gasteiger partial charge in [-0.1, -0.05) is 97.1 Å². The Morgan fingerprint density at radius 1 is 0.632 bits per heavy atom. The lowest BCUT2D eigenvalue weighted by Gasteiger charge is -2.20. The van der Waals surface area contributed by atoms with E-state index in [2.05, 4.69) is 132 Å². The molecule has 5 aromatic carbocycles. The van der Waals surface area contributed by atoms with E-state index in [9.17, 15) is 0 Å². The summed E-state index contributed by atoms with van der Waals surface area (Å²) in [6, 6.07) is 41.2. The van der Waals surface area contributed by atoms with Crippen LogP contribution in [0.25, 0.3) is 55.0 Å². The molecule has 7 aromatic rings.